The van der Waals surface area contributed by atoms with Crippen LogP contribution < -0.4 is 14.8 Å². The predicted octanol–water partition coefficient (Wildman–Crippen LogP) is 0.714. The van der Waals surface area contributed by atoms with Crippen LogP contribution in [0.1, 0.15) is 23.7 Å². The molecule has 8 nitrogen and oxygen atoms in total. The van der Waals surface area contributed by atoms with Crippen molar-refractivity contribution in [1.29, 1.82) is 0 Å². The average Bonchev–Trinajstić information content (AvgIpc) is 3.18. The highest BCUT2D eigenvalue weighted by Crippen LogP contribution is 2.32. The van der Waals surface area contributed by atoms with Crippen LogP contribution in [-0.4, -0.2) is 80.9 Å². The third-order valence-electron chi connectivity index (χ3n) is 4.98. The van der Waals surface area contributed by atoms with Crippen LogP contribution in [0.5, 0.6) is 11.5 Å². The lowest BCUT2D eigenvalue weighted by Crippen LogP contribution is -2.44. The van der Waals surface area contributed by atoms with E-state index in [0.717, 1.165) is 32.8 Å². The lowest BCUT2D eigenvalue weighted by atomic mass is 10.0. The number of nitrogens with zero attached hydrogens (tertiary/aromatic N) is 2. The number of rotatable bonds is 8. The number of ketones is 1. The van der Waals surface area contributed by atoms with Gasteiger partial charge < -0.3 is 19.5 Å². The SMILES string of the molecule is CC(C(=O)c1ccc2c(c1)OCO2)N(C)CNC(=O)CCN1CCOCC1. The number of ether oxygens (including phenoxy) is 3. The Labute approximate surface area is 159 Å². The van der Waals surface area contributed by atoms with Gasteiger partial charge in [0.1, 0.15) is 0 Å². The highest BCUT2D eigenvalue weighted by atomic mass is 16.7. The van der Waals surface area contributed by atoms with Crippen LogP contribution >= 0.6 is 0 Å². The predicted molar refractivity (Wildman–Crippen MR) is 99.0 cm³/mol. The number of morpholine rings is 1. The van der Waals surface area contributed by atoms with Gasteiger partial charge in [-0.3, -0.25) is 19.4 Å². The van der Waals surface area contributed by atoms with Crippen molar-refractivity contribution in [3.05, 3.63) is 23.8 Å². The molecule has 2 aliphatic rings. The summed E-state index contributed by atoms with van der Waals surface area (Å²) >= 11 is 0. The van der Waals surface area contributed by atoms with Gasteiger partial charge in [-0.15, -0.1) is 0 Å². The molecule has 8 heteroatoms. The van der Waals surface area contributed by atoms with E-state index >= 15 is 0 Å². The second-order valence-corrected chi connectivity index (χ2v) is 6.83. The van der Waals surface area contributed by atoms with E-state index in [0.29, 0.717) is 30.2 Å². The number of hydrogen-bond acceptors (Lipinski definition) is 7. The van der Waals surface area contributed by atoms with Crippen molar-refractivity contribution in [1.82, 2.24) is 15.1 Å². The molecule has 0 bridgehead atoms. The van der Waals surface area contributed by atoms with E-state index in [1.165, 1.54) is 0 Å². The summed E-state index contributed by atoms with van der Waals surface area (Å²) in [5.41, 5.74) is 0.567. The van der Waals surface area contributed by atoms with Gasteiger partial charge in [0.25, 0.3) is 0 Å². The van der Waals surface area contributed by atoms with E-state index in [2.05, 4.69) is 10.2 Å². The minimum absolute atomic E-state index is 0.0175. The third kappa shape index (κ3) is 5.18. The van der Waals surface area contributed by atoms with E-state index < -0.39 is 0 Å². The molecule has 1 unspecified atom stereocenters. The maximum absolute atomic E-state index is 12.7. The summed E-state index contributed by atoms with van der Waals surface area (Å²) in [4.78, 5) is 28.8. The van der Waals surface area contributed by atoms with E-state index in [1.807, 2.05) is 18.9 Å². The molecule has 1 fully saturated rings. The summed E-state index contributed by atoms with van der Waals surface area (Å²) in [6.45, 7) is 6.24. The van der Waals surface area contributed by atoms with Crippen molar-refractivity contribution in [2.45, 2.75) is 19.4 Å². The van der Waals surface area contributed by atoms with E-state index in [-0.39, 0.29) is 24.5 Å². The van der Waals surface area contributed by atoms with Gasteiger partial charge in [-0.1, -0.05) is 0 Å². The molecule has 27 heavy (non-hydrogen) atoms. The maximum atomic E-state index is 12.7. The van der Waals surface area contributed by atoms with Crippen molar-refractivity contribution >= 4 is 11.7 Å². The highest BCUT2D eigenvalue weighted by Gasteiger charge is 2.23. The Morgan fingerprint density at radius 3 is 2.74 bits per heavy atom. The standard InChI is InChI=1S/C19H27N3O5/c1-14(19(24)15-3-4-16-17(11-15)27-13-26-16)21(2)12-20-18(23)5-6-22-7-9-25-10-8-22/h3-4,11,14H,5-10,12-13H2,1-2H3,(H,20,23). The fourth-order valence-electron chi connectivity index (χ4n) is 3.01. The normalized spacial score (nSPS) is 17.7. The molecule has 148 valence electrons. The van der Waals surface area contributed by atoms with Crippen LogP contribution in [0.25, 0.3) is 0 Å². The fraction of sp³-hybridized carbons (Fsp3) is 0.579. The number of carbonyl (C=O) groups excluding carboxylic acids is 2. The largest absolute Gasteiger partial charge is 0.454 e. The summed E-state index contributed by atoms with van der Waals surface area (Å²) in [5, 5.41) is 2.88. The topological polar surface area (TPSA) is 80.3 Å². The third-order valence-corrected chi connectivity index (χ3v) is 4.98. The smallest absolute Gasteiger partial charge is 0.231 e. The number of Topliss-reactive ketones (excluding diaryl/α,β-unsaturated/α-hetero) is 1. The molecule has 0 saturated carbocycles. The van der Waals surface area contributed by atoms with Gasteiger partial charge in [-0.2, -0.15) is 0 Å². The zero-order valence-corrected chi connectivity index (χ0v) is 15.9. The number of nitrogens with one attached hydrogen (secondary N) is 1. The van der Waals surface area contributed by atoms with Crippen LogP contribution in [0.3, 0.4) is 0 Å². The molecule has 3 rings (SSSR count). The maximum Gasteiger partial charge on any atom is 0.231 e. The van der Waals surface area contributed by atoms with Crippen LogP contribution in [0.4, 0.5) is 0 Å². The summed E-state index contributed by atoms with van der Waals surface area (Å²) in [5.74, 6) is 1.20. The number of fused-ring (bicyclic) bond motifs is 1. The first-order chi connectivity index (χ1) is 13.0. The van der Waals surface area contributed by atoms with Crippen LogP contribution in [0.15, 0.2) is 18.2 Å². The molecular formula is C19H27N3O5. The molecule has 0 aliphatic carbocycles. The summed E-state index contributed by atoms with van der Waals surface area (Å²) in [6, 6.07) is 4.82. The molecule has 1 atom stereocenters. The Hall–Kier alpha value is -2.16. The molecule has 1 N–H and O–H groups in total. The van der Waals surface area contributed by atoms with Gasteiger partial charge in [-0.25, -0.2) is 0 Å². The minimum Gasteiger partial charge on any atom is -0.454 e. The molecule has 2 aliphatic heterocycles. The Bertz CT molecular complexity index is 675. The first-order valence-corrected chi connectivity index (χ1v) is 9.25. The Morgan fingerprint density at radius 2 is 1.96 bits per heavy atom. The van der Waals surface area contributed by atoms with Crippen LogP contribution in [0.2, 0.25) is 0 Å². The second-order valence-electron chi connectivity index (χ2n) is 6.83. The molecular weight excluding hydrogens is 350 g/mol. The van der Waals surface area contributed by atoms with Gasteiger partial charge >= 0.3 is 0 Å². The van der Waals surface area contributed by atoms with E-state index in [1.54, 1.807) is 18.2 Å². The molecule has 1 amide bonds. The summed E-state index contributed by atoms with van der Waals surface area (Å²) in [6.07, 6.45) is 0.443. The first kappa shape index (κ1) is 19.6. The zero-order valence-electron chi connectivity index (χ0n) is 15.9. The Kier molecular flexibility index (Phi) is 6.65. The van der Waals surface area contributed by atoms with Crippen molar-refractivity contribution in [2.24, 2.45) is 0 Å². The minimum atomic E-state index is -0.370. The fourth-order valence-corrected chi connectivity index (χ4v) is 3.01. The number of hydrogen-bond donors (Lipinski definition) is 1. The molecule has 1 saturated heterocycles. The van der Waals surface area contributed by atoms with Gasteiger partial charge in [0.2, 0.25) is 12.7 Å². The van der Waals surface area contributed by atoms with Crippen LogP contribution in [-0.2, 0) is 9.53 Å². The van der Waals surface area contributed by atoms with Crippen LogP contribution in [0, 0.1) is 0 Å². The van der Waals surface area contributed by atoms with Crippen molar-refractivity contribution < 1.29 is 23.8 Å². The lowest BCUT2D eigenvalue weighted by Gasteiger charge is -2.27. The molecule has 1 aromatic rings. The molecule has 0 aromatic heterocycles. The highest BCUT2D eigenvalue weighted by molar-refractivity contribution is 6.00. The summed E-state index contributed by atoms with van der Waals surface area (Å²) in [7, 11) is 1.82. The Morgan fingerprint density at radius 1 is 1.22 bits per heavy atom. The second kappa shape index (κ2) is 9.16. The number of likely N-dealkylation sites (N-methyl/N-ethyl adjacent to an activating group) is 1. The zero-order chi connectivity index (χ0) is 19.2. The van der Waals surface area contributed by atoms with Crippen molar-refractivity contribution in [3.63, 3.8) is 0 Å². The number of carbonyl (C=O) groups is 2. The van der Waals surface area contributed by atoms with Gasteiger partial charge in [0.05, 0.1) is 25.9 Å². The first-order valence-electron chi connectivity index (χ1n) is 9.25. The van der Waals surface area contributed by atoms with E-state index in [9.17, 15) is 9.59 Å². The number of amides is 1. The monoisotopic (exact) mass is 377 g/mol. The molecule has 0 radical (unpaired) electrons. The van der Waals surface area contributed by atoms with E-state index in [4.69, 9.17) is 14.2 Å². The molecule has 0 spiro atoms. The number of benzene rings is 1. The average molecular weight is 377 g/mol. The van der Waals surface area contributed by atoms with Gasteiger partial charge in [0, 0.05) is 31.6 Å². The quantitative estimate of drug-likeness (QED) is 0.528. The summed E-state index contributed by atoms with van der Waals surface area (Å²) < 4.78 is 15.9. The lowest BCUT2D eigenvalue weighted by molar-refractivity contribution is -0.122. The van der Waals surface area contributed by atoms with Gasteiger partial charge in [-0.05, 0) is 32.2 Å². The van der Waals surface area contributed by atoms with Gasteiger partial charge in [0.15, 0.2) is 17.3 Å². The van der Waals surface area contributed by atoms with Crippen molar-refractivity contribution in [3.8, 4) is 11.5 Å². The molecule has 2 heterocycles. The Balaban J connectivity index is 1.43. The van der Waals surface area contributed by atoms with Crippen molar-refractivity contribution in [2.75, 3.05) is 53.4 Å². The molecule has 1 aromatic carbocycles.